The summed E-state index contributed by atoms with van der Waals surface area (Å²) in [6.07, 6.45) is 7.13. The Kier molecular flexibility index (Phi) is 7.29. The fourth-order valence-corrected chi connectivity index (χ4v) is 3.00. The number of likely N-dealkylation sites (tertiary alicyclic amines) is 1. The lowest BCUT2D eigenvalue weighted by Crippen LogP contribution is -2.32. The Morgan fingerprint density at radius 3 is 1.78 bits per heavy atom. The van der Waals surface area contributed by atoms with Crippen LogP contribution in [-0.4, -0.2) is 24.5 Å². The van der Waals surface area contributed by atoms with E-state index in [2.05, 4.69) is 39.5 Å². The van der Waals surface area contributed by atoms with Gasteiger partial charge in [-0.25, -0.2) is 0 Å². The minimum Gasteiger partial charge on any atom is -0.303 e. The summed E-state index contributed by atoms with van der Waals surface area (Å²) >= 11 is 0. The van der Waals surface area contributed by atoms with E-state index in [-0.39, 0.29) is 0 Å². The van der Waals surface area contributed by atoms with Gasteiger partial charge in [-0.1, -0.05) is 47.5 Å². The van der Waals surface area contributed by atoms with Crippen LogP contribution in [0.15, 0.2) is 0 Å². The maximum absolute atomic E-state index is 2.72. The molecule has 0 bridgehead atoms. The van der Waals surface area contributed by atoms with Crippen LogP contribution in [0.2, 0.25) is 0 Å². The highest BCUT2D eigenvalue weighted by Gasteiger charge is 2.20. The third-order valence-corrected chi connectivity index (χ3v) is 5.10. The molecule has 1 fully saturated rings. The molecule has 0 N–H and O–H groups in total. The Hall–Kier alpha value is -0.0400. The topological polar surface area (TPSA) is 3.24 Å². The summed E-state index contributed by atoms with van der Waals surface area (Å²) in [6, 6.07) is 0. The van der Waals surface area contributed by atoms with Gasteiger partial charge in [0.1, 0.15) is 0 Å². The maximum atomic E-state index is 2.72. The average Bonchev–Trinajstić information content (AvgIpc) is 2.57. The van der Waals surface area contributed by atoms with Crippen LogP contribution in [0, 0.1) is 23.7 Å². The molecule has 0 saturated carbocycles. The van der Waals surface area contributed by atoms with Gasteiger partial charge >= 0.3 is 0 Å². The smallest absolute Gasteiger partial charge is 0.000956 e. The molecule has 18 heavy (non-hydrogen) atoms. The Labute approximate surface area is 115 Å². The van der Waals surface area contributed by atoms with Crippen molar-refractivity contribution in [1.29, 1.82) is 0 Å². The van der Waals surface area contributed by atoms with Crippen LogP contribution in [0.5, 0.6) is 0 Å². The first-order valence-electron chi connectivity index (χ1n) is 8.23. The first kappa shape index (κ1) is 16.0. The number of hydrogen-bond donors (Lipinski definition) is 0. The van der Waals surface area contributed by atoms with Crippen molar-refractivity contribution < 1.29 is 0 Å². The molecule has 3 atom stereocenters. The van der Waals surface area contributed by atoms with E-state index in [0.29, 0.717) is 0 Å². The normalized spacial score (nSPS) is 23.7. The molecule has 0 aromatic rings. The van der Waals surface area contributed by atoms with E-state index in [1.165, 1.54) is 51.7 Å². The van der Waals surface area contributed by atoms with Crippen LogP contribution in [0.4, 0.5) is 0 Å². The number of hydrogen-bond acceptors (Lipinski definition) is 1. The van der Waals surface area contributed by atoms with Gasteiger partial charge in [-0.15, -0.1) is 0 Å². The molecule has 1 saturated heterocycles. The Balaban J connectivity index is 2.31. The molecule has 108 valence electrons. The SMILES string of the molecule is CC(C)C(C)CC(C)C(C)CN1CCCCCC1. The Morgan fingerprint density at radius 1 is 0.722 bits per heavy atom. The Morgan fingerprint density at radius 2 is 1.28 bits per heavy atom. The van der Waals surface area contributed by atoms with Gasteiger partial charge in [0.2, 0.25) is 0 Å². The van der Waals surface area contributed by atoms with Crippen LogP contribution in [0.3, 0.4) is 0 Å². The molecule has 0 spiro atoms. The molecule has 0 amide bonds. The van der Waals surface area contributed by atoms with Crippen molar-refractivity contribution in [2.24, 2.45) is 23.7 Å². The molecule has 1 aliphatic heterocycles. The largest absolute Gasteiger partial charge is 0.303 e. The van der Waals surface area contributed by atoms with Crippen molar-refractivity contribution in [3.63, 3.8) is 0 Å². The second kappa shape index (κ2) is 8.19. The van der Waals surface area contributed by atoms with E-state index in [1.54, 1.807) is 0 Å². The van der Waals surface area contributed by atoms with E-state index in [1.807, 2.05) is 0 Å². The highest BCUT2D eigenvalue weighted by molar-refractivity contribution is 4.72. The first-order valence-corrected chi connectivity index (χ1v) is 8.23. The fourth-order valence-electron chi connectivity index (χ4n) is 3.00. The second-order valence-electron chi connectivity index (χ2n) is 7.13. The standard InChI is InChI=1S/C17H35N/c1-14(2)15(3)12-16(4)17(5)13-18-10-8-6-7-9-11-18/h14-17H,6-13H2,1-5H3. The zero-order chi connectivity index (χ0) is 13.5. The molecular weight excluding hydrogens is 218 g/mol. The van der Waals surface area contributed by atoms with Gasteiger partial charge in [-0.3, -0.25) is 0 Å². The third kappa shape index (κ3) is 5.73. The summed E-state index contributed by atoms with van der Waals surface area (Å²) in [4.78, 5) is 2.72. The van der Waals surface area contributed by atoms with Gasteiger partial charge in [0.25, 0.3) is 0 Å². The van der Waals surface area contributed by atoms with Crippen LogP contribution in [-0.2, 0) is 0 Å². The number of rotatable bonds is 6. The summed E-state index contributed by atoms with van der Waals surface area (Å²) in [5.41, 5.74) is 0. The summed E-state index contributed by atoms with van der Waals surface area (Å²) in [7, 11) is 0. The van der Waals surface area contributed by atoms with Crippen molar-refractivity contribution in [3.8, 4) is 0 Å². The van der Waals surface area contributed by atoms with Crippen LogP contribution < -0.4 is 0 Å². The predicted molar refractivity (Wildman–Crippen MR) is 81.9 cm³/mol. The highest BCUT2D eigenvalue weighted by Crippen LogP contribution is 2.25. The molecule has 1 aliphatic rings. The summed E-state index contributed by atoms with van der Waals surface area (Å²) in [5.74, 6) is 3.42. The van der Waals surface area contributed by atoms with Crippen molar-refractivity contribution in [2.75, 3.05) is 19.6 Å². The first-order chi connectivity index (χ1) is 8.50. The highest BCUT2D eigenvalue weighted by atomic mass is 15.1. The van der Waals surface area contributed by atoms with Gasteiger partial charge in [0.15, 0.2) is 0 Å². The zero-order valence-electron chi connectivity index (χ0n) is 13.4. The average molecular weight is 253 g/mol. The quantitative estimate of drug-likeness (QED) is 0.656. The lowest BCUT2D eigenvalue weighted by molar-refractivity contribution is 0.188. The summed E-state index contributed by atoms with van der Waals surface area (Å²) in [6.45, 7) is 16.1. The van der Waals surface area contributed by atoms with Gasteiger partial charge in [-0.2, -0.15) is 0 Å². The van der Waals surface area contributed by atoms with E-state index in [0.717, 1.165) is 23.7 Å². The van der Waals surface area contributed by atoms with Gasteiger partial charge in [0, 0.05) is 6.54 Å². The summed E-state index contributed by atoms with van der Waals surface area (Å²) in [5, 5.41) is 0. The van der Waals surface area contributed by atoms with E-state index in [4.69, 9.17) is 0 Å². The van der Waals surface area contributed by atoms with Crippen molar-refractivity contribution in [3.05, 3.63) is 0 Å². The molecule has 0 aliphatic carbocycles. The molecule has 3 unspecified atom stereocenters. The molecule has 1 nitrogen and oxygen atoms in total. The lowest BCUT2D eigenvalue weighted by atomic mass is 9.83. The Bertz CT molecular complexity index is 204. The van der Waals surface area contributed by atoms with Crippen LogP contribution in [0.1, 0.15) is 66.7 Å². The van der Waals surface area contributed by atoms with E-state index in [9.17, 15) is 0 Å². The monoisotopic (exact) mass is 253 g/mol. The number of nitrogens with zero attached hydrogens (tertiary/aromatic N) is 1. The van der Waals surface area contributed by atoms with Gasteiger partial charge in [-0.05, 0) is 56.0 Å². The summed E-state index contributed by atoms with van der Waals surface area (Å²) < 4.78 is 0. The van der Waals surface area contributed by atoms with Gasteiger partial charge in [0.05, 0.1) is 0 Å². The van der Waals surface area contributed by atoms with Crippen molar-refractivity contribution in [2.45, 2.75) is 66.7 Å². The van der Waals surface area contributed by atoms with Crippen LogP contribution >= 0.6 is 0 Å². The maximum Gasteiger partial charge on any atom is 0.000956 e. The molecule has 1 rings (SSSR count). The third-order valence-electron chi connectivity index (χ3n) is 5.10. The molecular formula is C17H35N. The fraction of sp³-hybridized carbons (Fsp3) is 1.00. The van der Waals surface area contributed by atoms with Gasteiger partial charge < -0.3 is 4.90 Å². The lowest BCUT2D eigenvalue weighted by Gasteiger charge is -2.30. The molecule has 0 aromatic heterocycles. The molecule has 1 heteroatoms. The molecule has 0 aromatic carbocycles. The van der Waals surface area contributed by atoms with E-state index < -0.39 is 0 Å². The minimum absolute atomic E-state index is 0.831. The van der Waals surface area contributed by atoms with E-state index >= 15 is 0 Å². The minimum atomic E-state index is 0.831. The zero-order valence-corrected chi connectivity index (χ0v) is 13.4. The van der Waals surface area contributed by atoms with Crippen LogP contribution in [0.25, 0.3) is 0 Å². The molecule has 1 heterocycles. The second-order valence-corrected chi connectivity index (χ2v) is 7.13. The van der Waals surface area contributed by atoms with Crippen molar-refractivity contribution in [1.82, 2.24) is 4.90 Å². The van der Waals surface area contributed by atoms with Crippen molar-refractivity contribution >= 4 is 0 Å². The predicted octanol–water partition coefficient (Wildman–Crippen LogP) is 4.82. The molecule has 0 radical (unpaired) electrons.